The Labute approximate surface area is 117 Å². The van der Waals surface area contributed by atoms with E-state index in [2.05, 4.69) is 6.07 Å². The van der Waals surface area contributed by atoms with Gasteiger partial charge in [0.2, 0.25) is 5.91 Å². The molecule has 0 aliphatic heterocycles. The summed E-state index contributed by atoms with van der Waals surface area (Å²) in [5.41, 5.74) is -0.860. The quantitative estimate of drug-likeness (QED) is 0.646. The Morgan fingerprint density at radius 3 is 2.16 bits per heavy atom. The van der Waals surface area contributed by atoms with Gasteiger partial charge in [0.05, 0.1) is 12.7 Å². The molecule has 4 heteroatoms. The number of amides is 1. The number of hydrogen-bond donors (Lipinski definition) is 0. The third-order valence-corrected chi connectivity index (χ3v) is 3.40. The van der Waals surface area contributed by atoms with E-state index in [4.69, 9.17) is 4.74 Å². The summed E-state index contributed by atoms with van der Waals surface area (Å²) in [6.45, 7) is 9.04. The van der Waals surface area contributed by atoms with Crippen molar-refractivity contribution in [2.75, 3.05) is 20.3 Å². The summed E-state index contributed by atoms with van der Waals surface area (Å²) in [7, 11) is 1.62. The van der Waals surface area contributed by atoms with Crippen molar-refractivity contribution in [3.8, 4) is 6.07 Å². The molecule has 0 fully saturated rings. The second kappa shape index (κ2) is 8.92. The molecule has 110 valence electrons. The van der Waals surface area contributed by atoms with Gasteiger partial charge in [-0.05, 0) is 26.7 Å². The summed E-state index contributed by atoms with van der Waals surface area (Å²) in [5.74, 6) is -0.0363. The Morgan fingerprint density at radius 1 is 1.32 bits per heavy atom. The smallest absolute Gasteiger partial charge is 0.243 e. The van der Waals surface area contributed by atoms with Crippen molar-refractivity contribution >= 4 is 5.91 Å². The van der Waals surface area contributed by atoms with Crippen molar-refractivity contribution in [1.82, 2.24) is 4.90 Å². The molecule has 0 saturated carbocycles. The zero-order chi connectivity index (χ0) is 14.9. The lowest BCUT2D eigenvalue weighted by atomic mass is 9.79. The number of hydrogen-bond acceptors (Lipinski definition) is 3. The van der Waals surface area contributed by atoms with Crippen molar-refractivity contribution in [1.29, 1.82) is 5.26 Å². The van der Waals surface area contributed by atoms with Crippen LogP contribution in [0.1, 0.15) is 53.4 Å². The largest absolute Gasteiger partial charge is 0.383 e. The maximum absolute atomic E-state index is 12.8. The summed E-state index contributed by atoms with van der Waals surface area (Å²) < 4.78 is 5.06. The first-order valence-electron chi connectivity index (χ1n) is 7.20. The predicted molar refractivity (Wildman–Crippen MR) is 76.6 cm³/mol. The molecule has 0 heterocycles. The van der Waals surface area contributed by atoms with Gasteiger partial charge in [0.1, 0.15) is 5.41 Å². The molecule has 0 atom stereocenters. The summed E-state index contributed by atoms with van der Waals surface area (Å²) in [6.07, 6.45) is 2.95. The lowest BCUT2D eigenvalue weighted by Crippen LogP contribution is -2.48. The Kier molecular flexibility index (Phi) is 8.42. The summed E-state index contributed by atoms with van der Waals surface area (Å²) in [5, 5.41) is 9.54. The highest BCUT2D eigenvalue weighted by Gasteiger charge is 2.40. The Bertz CT molecular complexity index is 302. The van der Waals surface area contributed by atoms with Gasteiger partial charge in [-0.2, -0.15) is 5.26 Å². The van der Waals surface area contributed by atoms with Crippen molar-refractivity contribution in [2.24, 2.45) is 5.41 Å². The van der Waals surface area contributed by atoms with Crippen molar-refractivity contribution in [3.05, 3.63) is 0 Å². The standard InChI is InChI=1S/C15H28N2O2/c1-6-8-15(12-16,9-7-2)14(18)17(13(3)4)10-11-19-5/h13H,6-11H2,1-5H3. The van der Waals surface area contributed by atoms with E-state index < -0.39 is 5.41 Å². The maximum atomic E-state index is 12.8. The Hall–Kier alpha value is -1.08. The van der Waals surface area contributed by atoms with Crippen LogP contribution in [-0.2, 0) is 9.53 Å². The van der Waals surface area contributed by atoms with Gasteiger partial charge in [-0.25, -0.2) is 0 Å². The van der Waals surface area contributed by atoms with Gasteiger partial charge in [-0.15, -0.1) is 0 Å². The number of methoxy groups -OCH3 is 1. The van der Waals surface area contributed by atoms with Gasteiger partial charge in [0.25, 0.3) is 0 Å². The number of carbonyl (C=O) groups is 1. The Balaban J connectivity index is 5.17. The van der Waals surface area contributed by atoms with Crippen LogP contribution in [0.3, 0.4) is 0 Å². The van der Waals surface area contributed by atoms with Crippen LogP contribution in [0.25, 0.3) is 0 Å². The normalized spacial score (nSPS) is 11.4. The monoisotopic (exact) mass is 268 g/mol. The van der Waals surface area contributed by atoms with Crippen molar-refractivity contribution in [3.63, 3.8) is 0 Å². The topological polar surface area (TPSA) is 53.3 Å². The summed E-state index contributed by atoms with van der Waals surface area (Å²) in [4.78, 5) is 14.5. The second-order valence-corrected chi connectivity index (χ2v) is 5.28. The minimum Gasteiger partial charge on any atom is -0.383 e. The molecule has 0 aromatic heterocycles. The van der Waals surface area contributed by atoms with Crippen LogP contribution < -0.4 is 0 Å². The minimum absolute atomic E-state index is 0.0363. The van der Waals surface area contributed by atoms with Gasteiger partial charge in [-0.3, -0.25) is 4.79 Å². The van der Waals surface area contributed by atoms with Crippen LogP contribution in [0, 0.1) is 16.7 Å². The average molecular weight is 268 g/mol. The third-order valence-electron chi connectivity index (χ3n) is 3.40. The first kappa shape index (κ1) is 17.9. The molecule has 0 saturated heterocycles. The zero-order valence-electron chi connectivity index (χ0n) is 13.0. The third kappa shape index (κ3) is 4.83. The molecule has 19 heavy (non-hydrogen) atoms. The zero-order valence-corrected chi connectivity index (χ0v) is 13.0. The molecule has 0 rings (SSSR count). The van der Waals surface area contributed by atoms with Crippen molar-refractivity contribution in [2.45, 2.75) is 59.4 Å². The number of nitriles is 1. The highest BCUT2D eigenvalue weighted by atomic mass is 16.5. The van der Waals surface area contributed by atoms with Crippen LogP contribution >= 0.6 is 0 Å². The fourth-order valence-electron chi connectivity index (χ4n) is 2.41. The fraction of sp³-hybridized carbons (Fsp3) is 0.867. The molecule has 1 amide bonds. The van der Waals surface area contributed by atoms with Gasteiger partial charge in [0.15, 0.2) is 0 Å². The highest BCUT2D eigenvalue weighted by Crippen LogP contribution is 2.32. The molecule has 0 aromatic carbocycles. The van der Waals surface area contributed by atoms with Crippen LogP contribution in [0.15, 0.2) is 0 Å². The van der Waals surface area contributed by atoms with E-state index in [1.54, 1.807) is 12.0 Å². The molecule has 0 bridgehead atoms. The maximum Gasteiger partial charge on any atom is 0.243 e. The average Bonchev–Trinajstić information content (AvgIpc) is 2.38. The van der Waals surface area contributed by atoms with Crippen LogP contribution in [0.2, 0.25) is 0 Å². The number of carbonyl (C=O) groups excluding carboxylic acids is 1. The molecule has 0 aliphatic rings. The molecular weight excluding hydrogens is 240 g/mol. The van der Waals surface area contributed by atoms with Crippen LogP contribution in [-0.4, -0.2) is 37.1 Å². The molecule has 0 N–H and O–H groups in total. The van der Waals surface area contributed by atoms with Gasteiger partial charge in [-0.1, -0.05) is 26.7 Å². The van der Waals surface area contributed by atoms with Gasteiger partial charge in [0, 0.05) is 19.7 Å². The van der Waals surface area contributed by atoms with E-state index in [9.17, 15) is 10.1 Å². The Morgan fingerprint density at radius 2 is 1.84 bits per heavy atom. The highest BCUT2D eigenvalue weighted by molar-refractivity contribution is 5.85. The van der Waals surface area contributed by atoms with E-state index in [0.29, 0.717) is 26.0 Å². The van der Waals surface area contributed by atoms with E-state index in [1.165, 1.54) is 0 Å². The molecule has 0 radical (unpaired) electrons. The van der Waals surface area contributed by atoms with Gasteiger partial charge < -0.3 is 9.64 Å². The van der Waals surface area contributed by atoms with Crippen LogP contribution in [0.4, 0.5) is 0 Å². The molecule has 0 aromatic rings. The second-order valence-electron chi connectivity index (χ2n) is 5.28. The predicted octanol–water partition coefficient (Wildman–Crippen LogP) is 2.98. The van der Waals surface area contributed by atoms with E-state index in [1.807, 2.05) is 27.7 Å². The summed E-state index contributed by atoms with van der Waals surface area (Å²) >= 11 is 0. The van der Waals surface area contributed by atoms with Crippen molar-refractivity contribution < 1.29 is 9.53 Å². The van der Waals surface area contributed by atoms with Crippen LogP contribution in [0.5, 0.6) is 0 Å². The van der Waals surface area contributed by atoms with E-state index in [0.717, 1.165) is 12.8 Å². The van der Waals surface area contributed by atoms with E-state index in [-0.39, 0.29) is 11.9 Å². The number of ether oxygens (including phenoxy) is 1. The lowest BCUT2D eigenvalue weighted by molar-refractivity contribution is -0.142. The summed E-state index contributed by atoms with van der Waals surface area (Å²) in [6, 6.07) is 2.38. The van der Waals surface area contributed by atoms with E-state index >= 15 is 0 Å². The fourth-order valence-corrected chi connectivity index (χ4v) is 2.41. The molecule has 0 unspecified atom stereocenters. The first-order chi connectivity index (χ1) is 8.98. The molecule has 4 nitrogen and oxygen atoms in total. The SMILES string of the molecule is CCCC(C#N)(CCC)C(=O)N(CCOC)C(C)C. The molecule has 0 spiro atoms. The van der Waals surface area contributed by atoms with Gasteiger partial charge >= 0.3 is 0 Å². The number of nitrogens with zero attached hydrogens (tertiary/aromatic N) is 2. The number of rotatable bonds is 9. The molecular formula is C15H28N2O2. The lowest BCUT2D eigenvalue weighted by Gasteiger charge is -2.34. The molecule has 0 aliphatic carbocycles. The first-order valence-corrected chi connectivity index (χ1v) is 7.20. The minimum atomic E-state index is -0.860.